The van der Waals surface area contributed by atoms with Crippen LogP contribution in [0.5, 0.6) is 0 Å². The molecule has 0 aliphatic carbocycles. The Labute approximate surface area is 97.9 Å². The van der Waals surface area contributed by atoms with Crippen LogP contribution in [0.3, 0.4) is 0 Å². The number of rotatable bonds is 2. The van der Waals surface area contributed by atoms with Crippen molar-refractivity contribution in [1.29, 1.82) is 0 Å². The van der Waals surface area contributed by atoms with E-state index in [1.54, 1.807) is 4.72 Å². The topological polar surface area (TPSA) is 63.2 Å². The number of carbonyl (C=O) groups excluding carboxylic acids is 1. The van der Waals surface area contributed by atoms with Gasteiger partial charge in [-0.2, -0.15) is 0 Å². The molecule has 1 amide bonds. The van der Waals surface area contributed by atoms with Crippen molar-refractivity contribution >= 4 is 36.5 Å². The average molecular weight is 347 g/mol. The highest BCUT2D eigenvalue weighted by atomic mass is 127. The number of benzene rings is 1. The first kappa shape index (κ1) is 12.3. The fraction of sp³-hybridized carbons (Fsp3) is 0. The molecule has 0 unspecified atom stereocenters. The van der Waals surface area contributed by atoms with Crippen LogP contribution < -0.4 is 4.72 Å². The number of hydrogen-bond acceptors (Lipinski definition) is 3. The molecule has 1 N–H and O–H groups in total. The Morgan fingerprint density at radius 3 is 2.33 bits per heavy atom. The summed E-state index contributed by atoms with van der Waals surface area (Å²) in [5.41, 5.74) is 0. The molecule has 0 fully saturated rings. The predicted molar refractivity (Wildman–Crippen MR) is 56.1 cm³/mol. The lowest BCUT2D eigenvalue weighted by Gasteiger charge is -2.03. The molecule has 0 radical (unpaired) electrons. The van der Waals surface area contributed by atoms with Crippen molar-refractivity contribution in [2.45, 2.75) is 4.90 Å². The minimum Gasteiger partial charge on any atom is -0.262 e. The van der Waals surface area contributed by atoms with Gasteiger partial charge in [0.15, 0.2) is 11.6 Å². The highest BCUT2D eigenvalue weighted by Crippen LogP contribution is 2.13. The molecule has 0 aliphatic rings. The molecule has 8 heteroatoms. The van der Waals surface area contributed by atoms with E-state index >= 15 is 0 Å². The van der Waals surface area contributed by atoms with Crippen molar-refractivity contribution in [1.82, 2.24) is 4.72 Å². The molecule has 82 valence electrons. The second-order valence-corrected chi connectivity index (χ2v) is 5.12. The summed E-state index contributed by atoms with van der Waals surface area (Å²) >= 11 is 1.21. The lowest BCUT2D eigenvalue weighted by Crippen LogP contribution is -2.25. The van der Waals surface area contributed by atoms with Crippen molar-refractivity contribution in [3.63, 3.8) is 0 Å². The maximum atomic E-state index is 12.7. The number of nitrogens with one attached hydrogen (secondary N) is 1. The van der Waals surface area contributed by atoms with E-state index in [1.165, 1.54) is 22.6 Å². The zero-order valence-corrected chi connectivity index (χ0v) is 9.97. The smallest absolute Gasteiger partial charge is 0.262 e. The van der Waals surface area contributed by atoms with Gasteiger partial charge < -0.3 is 0 Å². The van der Waals surface area contributed by atoms with Crippen LogP contribution in [0, 0.1) is 11.6 Å². The van der Waals surface area contributed by atoms with Gasteiger partial charge in [0, 0.05) is 22.6 Å². The summed E-state index contributed by atoms with van der Waals surface area (Å²) in [6.07, 6.45) is 0. The van der Waals surface area contributed by atoms with E-state index in [0.717, 1.165) is 6.07 Å². The van der Waals surface area contributed by atoms with E-state index < -0.39 is 30.5 Å². The molecular formula is C7H4F2INO3S. The minimum absolute atomic E-state index is 0.497. The molecule has 0 atom stereocenters. The largest absolute Gasteiger partial charge is 0.294 e. The maximum absolute atomic E-state index is 12.7. The van der Waals surface area contributed by atoms with Gasteiger partial charge >= 0.3 is 0 Å². The second-order valence-electron chi connectivity index (χ2n) is 2.46. The number of sulfonamides is 1. The first-order valence-corrected chi connectivity index (χ1v) is 6.06. The Hall–Kier alpha value is -0.770. The molecule has 1 aromatic rings. The minimum atomic E-state index is -4.11. The standard InChI is InChI=1S/C7H4F2INO3S/c8-5-2-1-4(3-6(5)9)15(13,14)11-7(10)12/h1-3H,(H,11,12). The Kier molecular flexibility index (Phi) is 3.60. The third-order valence-corrected chi connectivity index (χ3v) is 3.38. The van der Waals surface area contributed by atoms with Gasteiger partial charge in [0.2, 0.25) is 0 Å². The van der Waals surface area contributed by atoms with Gasteiger partial charge in [-0.1, -0.05) is 0 Å². The molecule has 0 aromatic heterocycles. The molecule has 0 spiro atoms. The van der Waals surface area contributed by atoms with Crippen LogP contribution in [0.2, 0.25) is 0 Å². The zero-order chi connectivity index (χ0) is 11.6. The van der Waals surface area contributed by atoms with Gasteiger partial charge in [0.1, 0.15) is 0 Å². The van der Waals surface area contributed by atoms with Crippen LogP contribution in [0.15, 0.2) is 23.1 Å². The Bertz CT molecular complexity index is 503. The summed E-state index contributed by atoms with van der Waals surface area (Å²) in [6, 6.07) is 2.03. The molecule has 0 aliphatic heterocycles. The molecule has 0 bridgehead atoms. The van der Waals surface area contributed by atoms with Gasteiger partial charge in [0.25, 0.3) is 13.9 Å². The number of amides is 1. The van der Waals surface area contributed by atoms with Gasteiger partial charge in [-0.15, -0.1) is 0 Å². The van der Waals surface area contributed by atoms with E-state index in [2.05, 4.69) is 0 Å². The van der Waals surface area contributed by atoms with Crippen LogP contribution >= 0.6 is 22.6 Å². The van der Waals surface area contributed by atoms with Crippen LogP contribution in [0.4, 0.5) is 13.6 Å². The Balaban J connectivity index is 3.17. The molecule has 1 aromatic carbocycles. The fourth-order valence-electron chi connectivity index (χ4n) is 0.809. The fourth-order valence-corrected chi connectivity index (χ4v) is 2.51. The van der Waals surface area contributed by atoms with E-state index in [9.17, 15) is 22.0 Å². The third-order valence-electron chi connectivity index (χ3n) is 1.42. The van der Waals surface area contributed by atoms with Crippen molar-refractivity contribution in [2.75, 3.05) is 0 Å². The van der Waals surface area contributed by atoms with Crippen molar-refractivity contribution in [3.8, 4) is 0 Å². The Morgan fingerprint density at radius 1 is 1.27 bits per heavy atom. The maximum Gasteiger partial charge on any atom is 0.294 e. The van der Waals surface area contributed by atoms with Gasteiger partial charge in [0.05, 0.1) is 4.90 Å². The highest BCUT2D eigenvalue weighted by Gasteiger charge is 2.17. The molecule has 15 heavy (non-hydrogen) atoms. The van der Waals surface area contributed by atoms with Crippen molar-refractivity contribution in [2.24, 2.45) is 0 Å². The van der Waals surface area contributed by atoms with Crippen LogP contribution in [-0.4, -0.2) is 12.3 Å². The Morgan fingerprint density at radius 2 is 1.87 bits per heavy atom. The van der Waals surface area contributed by atoms with E-state index in [4.69, 9.17) is 0 Å². The zero-order valence-electron chi connectivity index (χ0n) is 7.00. The number of carbonyl (C=O) groups is 1. The number of halogens is 3. The second kappa shape index (κ2) is 4.39. The summed E-state index contributed by atoms with van der Waals surface area (Å²) in [5, 5.41) is 0. The van der Waals surface area contributed by atoms with Crippen molar-refractivity contribution in [3.05, 3.63) is 29.8 Å². The molecule has 0 heterocycles. The van der Waals surface area contributed by atoms with Crippen molar-refractivity contribution < 1.29 is 22.0 Å². The van der Waals surface area contributed by atoms with Crippen LogP contribution in [0.1, 0.15) is 0 Å². The molecule has 0 saturated carbocycles. The van der Waals surface area contributed by atoms with Gasteiger partial charge in [-0.05, 0) is 18.2 Å². The summed E-state index contributed by atoms with van der Waals surface area (Å²) in [6.45, 7) is 0. The van der Waals surface area contributed by atoms with E-state index in [1.807, 2.05) is 0 Å². The van der Waals surface area contributed by atoms with Gasteiger partial charge in [-0.3, -0.25) is 4.79 Å². The summed E-state index contributed by atoms with van der Waals surface area (Å²) in [4.78, 5) is 10.0. The third kappa shape index (κ3) is 3.09. The normalized spacial score (nSPS) is 11.1. The molecular weight excluding hydrogens is 343 g/mol. The van der Waals surface area contributed by atoms with Gasteiger partial charge in [-0.25, -0.2) is 21.9 Å². The van der Waals surface area contributed by atoms with Crippen LogP contribution in [0.25, 0.3) is 0 Å². The summed E-state index contributed by atoms with van der Waals surface area (Å²) in [5.74, 6) is -2.45. The van der Waals surface area contributed by atoms with E-state index in [-0.39, 0.29) is 0 Å². The average Bonchev–Trinajstić information content (AvgIpc) is 2.07. The summed E-state index contributed by atoms with van der Waals surface area (Å²) in [7, 11) is -4.11. The highest BCUT2D eigenvalue weighted by molar-refractivity contribution is 14.1. The predicted octanol–water partition coefficient (Wildman–Crippen LogP) is 1.80. The molecule has 1 rings (SSSR count). The molecule has 4 nitrogen and oxygen atoms in total. The first-order chi connectivity index (χ1) is 6.83. The van der Waals surface area contributed by atoms with E-state index in [0.29, 0.717) is 12.1 Å². The summed E-state index contributed by atoms with van der Waals surface area (Å²) < 4.78 is 48.5. The first-order valence-electron chi connectivity index (χ1n) is 3.50. The molecule has 0 saturated heterocycles. The lowest BCUT2D eigenvalue weighted by atomic mass is 10.3. The van der Waals surface area contributed by atoms with Crippen LogP contribution in [-0.2, 0) is 10.0 Å². The lowest BCUT2D eigenvalue weighted by molar-refractivity contribution is 0.267. The SMILES string of the molecule is O=C(I)NS(=O)(=O)c1ccc(F)c(F)c1. The number of hydrogen-bond donors (Lipinski definition) is 1. The quantitative estimate of drug-likeness (QED) is 0.504. The monoisotopic (exact) mass is 347 g/mol.